The molecule has 0 aliphatic carbocycles. The van der Waals surface area contributed by atoms with Crippen LogP contribution in [0.3, 0.4) is 0 Å². The SMILES string of the molecule is CCCOC(=O)c1c(-c2ccc(C)cc2)csc1NC(=O)c1cc(-c2ccc(CCC)cc2)nc2ccccc12. The van der Waals surface area contributed by atoms with Gasteiger partial charge < -0.3 is 10.1 Å². The quantitative estimate of drug-likeness (QED) is 0.187. The van der Waals surface area contributed by atoms with Crippen LogP contribution in [-0.2, 0) is 11.2 Å². The van der Waals surface area contributed by atoms with E-state index in [4.69, 9.17) is 9.72 Å². The minimum atomic E-state index is -0.443. The number of carbonyl (C=O) groups is 2. The average molecular weight is 549 g/mol. The van der Waals surface area contributed by atoms with Gasteiger partial charge in [-0.05, 0) is 43.0 Å². The number of amides is 1. The Bertz CT molecular complexity index is 1650. The van der Waals surface area contributed by atoms with Gasteiger partial charge in [-0.3, -0.25) is 4.79 Å². The van der Waals surface area contributed by atoms with E-state index in [1.165, 1.54) is 16.9 Å². The lowest BCUT2D eigenvalue weighted by molar-refractivity contribution is 0.0507. The number of carbonyl (C=O) groups excluding carboxylic acids is 2. The Hall–Kier alpha value is -4.29. The lowest BCUT2D eigenvalue weighted by Gasteiger charge is -2.12. The molecule has 0 aliphatic heterocycles. The molecule has 0 spiro atoms. The third-order valence-corrected chi connectivity index (χ3v) is 7.67. The van der Waals surface area contributed by atoms with E-state index in [0.717, 1.165) is 51.7 Å². The lowest BCUT2D eigenvalue weighted by Crippen LogP contribution is -2.16. The highest BCUT2D eigenvalue weighted by Gasteiger charge is 2.24. The summed E-state index contributed by atoms with van der Waals surface area (Å²) >= 11 is 1.32. The van der Waals surface area contributed by atoms with Crippen LogP contribution in [0.25, 0.3) is 33.3 Å². The summed E-state index contributed by atoms with van der Waals surface area (Å²) < 4.78 is 5.53. The number of ether oxygens (including phenoxy) is 1. The number of thiophene rings is 1. The van der Waals surface area contributed by atoms with Gasteiger partial charge in [0.15, 0.2) is 0 Å². The van der Waals surface area contributed by atoms with E-state index in [1.54, 1.807) is 0 Å². The maximum absolute atomic E-state index is 13.8. The van der Waals surface area contributed by atoms with Gasteiger partial charge in [-0.25, -0.2) is 9.78 Å². The summed E-state index contributed by atoms with van der Waals surface area (Å²) in [5.41, 5.74) is 7.32. The Morgan fingerprint density at radius 3 is 2.35 bits per heavy atom. The number of nitrogens with zero attached hydrogens (tertiary/aromatic N) is 1. The maximum atomic E-state index is 13.8. The highest BCUT2D eigenvalue weighted by molar-refractivity contribution is 7.15. The predicted molar refractivity (Wildman–Crippen MR) is 164 cm³/mol. The molecule has 202 valence electrons. The molecule has 0 saturated carbocycles. The first-order valence-electron chi connectivity index (χ1n) is 13.6. The van der Waals surface area contributed by atoms with E-state index in [2.05, 4.69) is 36.5 Å². The van der Waals surface area contributed by atoms with Gasteiger partial charge in [0.05, 0.1) is 23.4 Å². The smallest absolute Gasteiger partial charge is 0.341 e. The molecule has 5 rings (SSSR count). The Balaban J connectivity index is 1.54. The molecule has 3 aromatic carbocycles. The van der Waals surface area contributed by atoms with Gasteiger partial charge in [0, 0.05) is 21.9 Å². The van der Waals surface area contributed by atoms with Crippen molar-refractivity contribution in [1.29, 1.82) is 0 Å². The number of esters is 1. The van der Waals surface area contributed by atoms with Crippen molar-refractivity contribution < 1.29 is 14.3 Å². The number of para-hydroxylation sites is 1. The zero-order chi connectivity index (χ0) is 28.1. The number of anilines is 1. The number of pyridine rings is 1. The molecule has 0 unspecified atom stereocenters. The van der Waals surface area contributed by atoms with Crippen LogP contribution < -0.4 is 5.32 Å². The zero-order valence-electron chi connectivity index (χ0n) is 23.0. The van der Waals surface area contributed by atoms with Crippen LogP contribution >= 0.6 is 11.3 Å². The van der Waals surface area contributed by atoms with Crippen molar-refractivity contribution in [3.05, 3.63) is 106 Å². The summed E-state index contributed by atoms with van der Waals surface area (Å²) in [4.78, 5) is 31.9. The van der Waals surface area contributed by atoms with E-state index in [0.29, 0.717) is 29.2 Å². The number of fused-ring (bicyclic) bond motifs is 1. The first-order chi connectivity index (χ1) is 19.5. The van der Waals surface area contributed by atoms with Crippen LogP contribution in [0, 0.1) is 6.92 Å². The van der Waals surface area contributed by atoms with Crippen molar-refractivity contribution in [3.63, 3.8) is 0 Å². The molecule has 0 bridgehead atoms. The maximum Gasteiger partial charge on any atom is 0.341 e. The summed E-state index contributed by atoms with van der Waals surface area (Å²) in [7, 11) is 0. The highest BCUT2D eigenvalue weighted by Crippen LogP contribution is 2.37. The second-order valence-corrected chi connectivity index (χ2v) is 10.7. The van der Waals surface area contributed by atoms with Gasteiger partial charge in [0.2, 0.25) is 0 Å². The zero-order valence-corrected chi connectivity index (χ0v) is 23.8. The number of aryl methyl sites for hydroxylation is 2. The summed E-state index contributed by atoms with van der Waals surface area (Å²) in [5.74, 6) is -0.745. The van der Waals surface area contributed by atoms with E-state index >= 15 is 0 Å². The molecule has 0 radical (unpaired) electrons. The fraction of sp³-hybridized carbons (Fsp3) is 0.206. The van der Waals surface area contributed by atoms with Gasteiger partial charge in [-0.1, -0.05) is 92.6 Å². The Morgan fingerprint density at radius 1 is 0.900 bits per heavy atom. The summed E-state index contributed by atoms with van der Waals surface area (Å²) in [6, 6.07) is 25.8. The number of benzene rings is 3. The third-order valence-electron chi connectivity index (χ3n) is 6.77. The number of rotatable bonds is 9. The normalized spacial score (nSPS) is 11.0. The summed E-state index contributed by atoms with van der Waals surface area (Å²) in [5, 5.41) is 6.15. The second-order valence-electron chi connectivity index (χ2n) is 9.83. The van der Waals surface area contributed by atoms with E-state index in [1.807, 2.05) is 73.8 Å². The van der Waals surface area contributed by atoms with Crippen molar-refractivity contribution >= 4 is 39.1 Å². The third kappa shape index (κ3) is 5.82. The van der Waals surface area contributed by atoms with Gasteiger partial charge in [-0.15, -0.1) is 11.3 Å². The molecule has 2 aromatic heterocycles. The Kier molecular flexibility index (Phi) is 8.37. The summed E-state index contributed by atoms with van der Waals surface area (Å²) in [6.07, 6.45) is 2.82. The minimum absolute atomic E-state index is 0.302. The van der Waals surface area contributed by atoms with Crippen LogP contribution in [-0.4, -0.2) is 23.5 Å². The molecule has 0 aliphatic rings. The van der Waals surface area contributed by atoms with Crippen molar-refractivity contribution in [2.24, 2.45) is 0 Å². The molecule has 0 atom stereocenters. The Morgan fingerprint density at radius 2 is 1.62 bits per heavy atom. The molecule has 0 saturated heterocycles. The standard InChI is InChI=1S/C34H32N2O3S/c1-4-8-23-13-17-25(18-14-23)30-20-27(26-9-6-7-10-29(26)35-30)32(37)36-33-31(34(38)39-19-5-2)28(21-40-33)24-15-11-22(3)12-16-24/h6-7,9-18,20-21H,4-5,8,19H2,1-3H3,(H,36,37). The molecular formula is C34H32N2O3S. The molecule has 2 heterocycles. The van der Waals surface area contributed by atoms with Crippen LogP contribution in [0.2, 0.25) is 0 Å². The number of aromatic nitrogens is 1. The van der Waals surface area contributed by atoms with Crippen molar-refractivity contribution in [2.45, 2.75) is 40.0 Å². The number of nitrogens with one attached hydrogen (secondary N) is 1. The van der Waals surface area contributed by atoms with Crippen LogP contribution in [0.4, 0.5) is 5.00 Å². The fourth-order valence-electron chi connectivity index (χ4n) is 4.68. The van der Waals surface area contributed by atoms with Crippen molar-refractivity contribution in [3.8, 4) is 22.4 Å². The average Bonchev–Trinajstić information content (AvgIpc) is 3.39. The van der Waals surface area contributed by atoms with Crippen LogP contribution in [0.5, 0.6) is 0 Å². The molecule has 1 N–H and O–H groups in total. The summed E-state index contributed by atoms with van der Waals surface area (Å²) in [6.45, 7) is 6.45. The minimum Gasteiger partial charge on any atom is -0.462 e. The van der Waals surface area contributed by atoms with E-state index < -0.39 is 5.97 Å². The Labute approximate surface area is 238 Å². The van der Waals surface area contributed by atoms with Gasteiger partial charge in [0.25, 0.3) is 5.91 Å². The topological polar surface area (TPSA) is 68.3 Å². The molecule has 5 aromatic rings. The van der Waals surface area contributed by atoms with Crippen LogP contribution in [0.15, 0.2) is 84.2 Å². The molecular weight excluding hydrogens is 516 g/mol. The van der Waals surface area contributed by atoms with Gasteiger partial charge in [0.1, 0.15) is 10.6 Å². The van der Waals surface area contributed by atoms with Gasteiger partial charge >= 0.3 is 5.97 Å². The number of hydrogen-bond donors (Lipinski definition) is 1. The van der Waals surface area contributed by atoms with Crippen molar-refractivity contribution in [2.75, 3.05) is 11.9 Å². The first-order valence-corrected chi connectivity index (χ1v) is 14.5. The second kappa shape index (κ2) is 12.3. The monoisotopic (exact) mass is 548 g/mol. The fourth-order valence-corrected chi connectivity index (χ4v) is 5.63. The van der Waals surface area contributed by atoms with E-state index in [-0.39, 0.29) is 5.91 Å². The lowest BCUT2D eigenvalue weighted by atomic mass is 10.0. The largest absolute Gasteiger partial charge is 0.462 e. The molecule has 6 heteroatoms. The highest BCUT2D eigenvalue weighted by atomic mass is 32.1. The molecule has 40 heavy (non-hydrogen) atoms. The molecule has 1 amide bonds. The van der Waals surface area contributed by atoms with E-state index in [9.17, 15) is 9.59 Å². The van der Waals surface area contributed by atoms with Crippen LogP contribution in [0.1, 0.15) is 58.5 Å². The number of hydrogen-bond acceptors (Lipinski definition) is 5. The molecule has 5 nitrogen and oxygen atoms in total. The molecule has 0 fully saturated rings. The predicted octanol–water partition coefficient (Wildman–Crippen LogP) is 8.71. The van der Waals surface area contributed by atoms with Crippen molar-refractivity contribution in [1.82, 2.24) is 4.98 Å². The van der Waals surface area contributed by atoms with Gasteiger partial charge in [-0.2, -0.15) is 0 Å². The first kappa shape index (κ1) is 27.3.